The molecule has 2 saturated heterocycles. The molecule has 31 heavy (non-hydrogen) atoms. The van der Waals surface area contributed by atoms with Gasteiger partial charge in [0.05, 0.1) is 6.61 Å². The number of hydrogen-bond donors (Lipinski definition) is 1. The summed E-state index contributed by atoms with van der Waals surface area (Å²) in [5.41, 5.74) is -0.853. The second-order valence-corrected chi connectivity index (χ2v) is 10.5. The first-order chi connectivity index (χ1) is 14.3. The first-order valence-electron chi connectivity index (χ1n) is 11.4. The Kier molecular flexibility index (Phi) is 11.1. The zero-order chi connectivity index (χ0) is 23.7. The molecule has 182 valence electrons. The van der Waals surface area contributed by atoms with Crippen LogP contribution in [0.5, 0.6) is 0 Å². The summed E-state index contributed by atoms with van der Waals surface area (Å²) in [7, 11) is 1.70. The van der Waals surface area contributed by atoms with E-state index in [0.29, 0.717) is 12.5 Å². The normalized spacial score (nSPS) is 22.3. The van der Waals surface area contributed by atoms with Crippen molar-refractivity contribution in [3.63, 3.8) is 0 Å². The summed E-state index contributed by atoms with van der Waals surface area (Å²) in [4.78, 5) is 27.0. The van der Waals surface area contributed by atoms with E-state index in [9.17, 15) is 9.59 Å². The van der Waals surface area contributed by atoms with Crippen LogP contribution in [-0.2, 0) is 14.2 Å². The van der Waals surface area contributed by atoms with Gasteiger partial charge in [0.2, 0.25) is 0 Å². The predicted octanol–water partition coefficient (Wildman–Crippen LogP) is 3.91. The molecule has 2 heterocycles. The number of ether oxygens (including phenoxy) is 3. The van der Waals surface area contributed by atoms with Crippen LogP contribution in [-0.4, -0.2) is 84.8 Å². The third kappa shape index (κ3) is 11.6. The molecule has 2 fully saturated rings. The molecule has 2 aliphatic rings. The summed E-state index contributed by atoms with van der Waals surface area (Å²) in [5.74, 6) is 0.664. The number of aliphatic hydroxyl groups is 1. The maximum absolute atomic E-state index is 11.8. The van der Waals surface area contributed by atoms with Crippen LogP contribution in [0.3, 0.4) is 0 Å². The van der Waals surface area contributed by atoms with Crippen molar-refractivity contribution >= 4 is 12.2 Å². The van der Waals surface area contributed by atoms with Crippen LogP contribution in [0.1, 0.15) is 67.2 Å². The minimum atomic E-state index is -0.441. The minimum Gasteiger partial charge on any atom is -0.444 e. The fourth-order valence-corrected chi connectivity index (χ4v) is 3.64. The van der Waals surface area contributed by atoms with Crippen LogP contribution < -0.4 is 0 Å². The molecular formula is C23H44N2O6. The van der Waals surface area contributed by atoms with Gasteiger partial charge >= 0.3 is 12.2 Å². The Morgan fingerprint density at radius 3 is 1.65 bits per heavy atom. The number of methoxy groups -OCH3 is 1. The average molecular weight is 445 g/mol. The highest BCUT2D eigenvalue weighted by atomic mass is 16.6. The molecule has 2 amide bonds. The number of carbonyl (C=O) groups is 2. The number of amides is 2. The van der Waals surface area contributed by atoms with Crippen LogP contribution in [0.4, 0.5) is 9.59 Å². The van der Waals surface area contributed by atoms with Crippen molar-refractivity contribution in [2.45, 2.75) is 78.4 Å². The molecule has 2 aliphatic heterocycles. The summed E-state index contributed by atoms with van der Waals surface area (Å²) in [6.07, 6.45) is 3.65. The summed E-state index contributed by atoms with van der Waals surface area (Å²) in [6, 6.07) is 0. The van der Waals surface area contributed by atoms with E-state index in [1.807, 2.05) is 41.5 Å². The summed E-state index contributed by atoms with van der Waals surface area (Å²) in [5, 5.41) is 9.04. The van der Waals surface area contributed by atoms with Gasteiger partial charge in [-0.15, -0.1) is 0 Å². The van der Waals surface area contributed by atoms with Crippen molar-refractivity contribution in [3.8, 4) is 0 Å². The van der Waals surface area contributed by atoms with Crippen LogP contribution in [0.25, 0.3) is 0 Å². The Hall–Kier alpha value is -1.54. The van der Waals surface area contributed by atoms with Gasteiger partial charge in [-0.05, 0) is 73.1 Å². The Morgan fingerprint density at radius 1 is 0.839 bits per heavy atom. The number of nitrogens with zero attached hydrogens (tertiary/aromatic N) is 2. The zero-order valence-electron chi connectivity index (χ0n) is 20.6. The maximum Gasteiger partial charge on any atom is 0.410 e. The molecular weight excluding hydrogens is 400 g/mol. The van der Waals surface area contributed by atoms with E-state index < -0.39 is 11.2 Å². The number of likely N-dealkylation sites (tertiary alicyclic amines) is 2. The summed E-state index contributed by atoms with van der Waals surface area (Å²) in [6.45, 7) is 15.0. The molecule has 8 nitrogen and oxygen atoms in total. The van der Waals surface area contributed by atoms with E-state index in [1.165, 1.54) is 0 Å². The van der Waals surface area contributed by atoms with Gasteiger partial charge in [0.25, 0.3) is 0 Å². The minimum absolute atomic E-state index is 0.152. The number of hydrogen-bond acceptors (Lipinski definition) is 6. The van der Waals surface area contributed by atoms with Crippen molar-refractivity contribution in [1.82, 2.24) is 9.80 Å². The highest BCUT2D eigenvalue weighted by Crippen LogP contribution is 2.20. The quantitative estimate of drug-likeness (QED) is 0.710. The Bertz CT molecular complexity index is 553. The molecule has 0 aromatic carbocycles. The summed E-state index contributed by atoms with van der Waals surface area (Å²) < 4.78 is 15.8. The highest BCUT2D eigenvalue weighted by molar-refractivity contribution is 5.68. The monoisotopic (exact) mass is 444 g/mol. The molecule has 2 rings (SSSR count). The average Bonchev–Trinajstić information content (AvgIpc) is 2.66. The van der Waals surface area contributed by atoms with Crippen molar-refractivity contribution < 1.29 is 28.9 Å². The topological polar surface area (TPSA) is 88.5 Å². The molecule has 0 bridgehead atoms. The molecule has 2 unspecified atom stereocenters. The van der Waals surface area contributed by atoms with Crippen LogP contribution in [0.2, 0.25) is 0 Å². The van der Waals surface area contributed by atoms with Gasteiger partial charge in [-0.2, -0.15) is 0 Å². The molecule has 8 heteroatoms. The molecule has 0 aromatic rings. The first kappa shape index (κ1) is 27.5. The van der Waals surface area contributed by atoms with Crippen molar-refractivity contribution in [2.24, 2.45) is 11.8 Å². The fourth-order valence-electron chi connectivity index (χ4n) is 3.64. The van der Waals surface area contributed by atoms with E-state index in [4.69, 9.17) is 19.3 Å². The van der Waals surface area contributed by atoms with Crippen LogP contribution >= 0.6 is 0 Å². The standard InChI is InChI=1S/C12H23NO3.C11H21NO3/c1-12(2,3)16-11(14)13-7-5-6-10(8-13)9-15-4;1-11(2,3)15-10(14)12-6-4-5-9(7-12)8-13/h10H,5-9H2,1-4H3;9,13H,4-8H2,1-3H3. The van der Waals surface area contributed by atoms with E-state index in [0.717, 1.165) is 51.9 Å². The largest absolute Gasteiger partial charge is 0.444 e. The zero-order valence-corrected chi connectivity index (χ0v) is 20.6. The Labute approximate surface area is 188 Å². The highest BCUT2D eigenvalue weighted by Gasteiger charge is 2.28. The van der Waals surface area contributed by atoms with Crippen molar-refractivity contribution in [2.75, 3.05) is 46.5 Å². The lowest BCUT2D eigenvalue weighted by Crippen LogP contribution is -2.43. The SMILES string of the molecule is CC(C)(C)OC(=O)N1CCCC(CO)C1.COCC1CCCN(C(=O)OC(C)(C)C)C1. The molecule has 2 atom stereocenters. The van der Waals surface area contributed by atoms with Gasteiger partial charge in [0.15, 0.2) is 0 Å². The molecule has 0 saturated carbocycles. The smallest absolute Gasteiger partial charge is 0.410 e. The van der Waals surface area contributed by atoms with E-state index >= 15 is 0 Å². The third-order valence-corrected chi connectivity index (χ3v) is 5.00. The molecule has 0 aliphatic carbocycles. The molecule has 1 N–H and O–H groups in total. The van der Waals surface area contributed by atoms with Gasteiger partial charge in [-0.3, -0.25) is 0 Å². The first-order valence-corrected chi connectivity index (χ1v) is 11.4. The maximum atomic E-state index is 11.8. The second-order valence-electron chi connectivity index (χ2n) is 10.5. The number of piperidine rings is 2. The van der Waals surface area contributed by atoms with Gasteiger partial charge in [0, 0.05) is 45.8 Å². The van der Waals surface area contributed by atoms with Crippen LogP contribution in [0.15, 0.2) is 0 Å². The lowest BCUT2D eigenvalue weighted by atomic mass is 9.99. The molecule has 0 spiro atoms. The number of carbonyl (C=O) groups excluding carboxylic acids is 2. The van der Waals surface area contributed by atoms with Gasteiger partial charge in [0.1, 0.15) is 11.2 Å². The lowest BCUT2D eigenvalue weighted by molar-refractivity contribution is 0.0105. The van der Waals surface area contributed by atoms with Crippen LogP contribution in [0, 0.1) is 11.8 Å². The number of rotatable bonds is 3. The fraction of sp³-hybridized carbons (Fsp3) is 0.913. The Morgan fingerprint density at radius 2 is 1.26 bits per heavy atom. The predicted molar refractivity (Wildman–Crippen MR) is 120 cm³/mol. The van der Waals surface area contributed by atoms with Crippen molar-refractivity contribution in [1.29, 1.82) is 0 Å². The van der Waals surface area contributed by atoms with E-state index in [-0.39, 0.29) is 24.7 Å². The third-order valence-electron chi connectivity index (χ3n) is 5.00. The lowest BCUT2D eigenvalue weighted by Gasteiger charge is -2.33. The number of aliphatic hydroxyl groups excluding tert-OH is 1. The summed E-state index contributed by atoms with van der Waals surface area (Å²) >= 11 is 0. The van der Waals surface area contributed by atoms with E-state index in [1.54, 1.807) is 16.9 Å². The second kappa shape index (κ2) is 12.5. The van der Waals surface area contributed by atoms with Gasteiger partial charge < -0.3 is 29.1 Å². The van der Waals surface area contributed by atoms with Gasteiger partial charge in [-0.1, -0.05) is 0 Å². The van der Waals surface area contributed by atoms with E-state index in [2.05, 4.69) is 0 Å². The molecule has 0 radical (unpaired) electrons. The van der Waals surface area contributed by atoms with Crippen molar-refractivity contribution in [3.05, 3.63) is 0 Å². The van der Waals surface area contributed by atoms with Gasteiger partial charge in [-0.25, -0.2) is 9.59 Å². The molecule has 0 aromatic heterocycles. The Balaban J connectivity index is 0.000000311.